The molecule has 0 aliphatic heterocycles. The molecule has 0 heterocycles. The summed E-state index contributed by atoms with van der Waals surface area (Å²) in [5, 5.41) is 11.7. The van der Waals surface area contributed by atoms with Gasteiger partial charge in [0.1, 0.15) is 5.60 Å². The van der Waals surface area contributed by atoms with Crippen molar-refractivity contribution in [3.8, 4) is 11.8 Å². The van der Waals surface area contributed by atoms with Gasteiger partial charge in [-0.15, -0.1) is 0 Å². The topological polar surface area (TPSA) is 63.3 Å². The Kier molecular flexibility index (Phi) is 4.40. The lowest BCUT2D eigenvalue weighted by Gasteiger charge is -2.54. The maximum Gasteiger partial charge on any atom is 0.155 e. The molecule has 0 amide bonds. The van der Waals surface area contributed by atoms with E-state index in [4.69, 9.17) is 5.73 Å². The van der Waals surface area contributed by atoms with E-state index < -0.39 is 5.60 Å². The van der Waals surface area contributed by atoms with Crippen LogP contribution < -0.4 is 5.73 Å². The van der Waals surface area contributed by atoms with Crippen molar-refractivity contribution in [2.75, 3.05) is 5.73 Å². The predicted molar refractivity (Wildman–Crippen MR) is 115 cm³/mol. The van der Waals surface area contributed by atoms with Crippen LogP contribution in [0, 0.1) is 40.9 Å². The van der Waals surface area contributed by atoms with E-state index in [0.717, 1.165) is 56.2 Å². The van der Waals surface area contributed by atoms with E-state index in [9.17, 15) is 9.90 Å². The van der Waals surface area contributed by atoms with E-state index in [1.807, 2.05) is 30.3 Å². The molecule has 4 aliphatic rings. The van der Waals surface area contributed by atoms with Crippen LogP contribution in [0.1, 0.15) is 63.9 Å². The van der Waals surface area contributed by atoms with Gasteiger partial charge in [-0.3, -0.25) is 4.79 Å². The van der Waals surface area contributed by atoms with Gasteiger partial charge in [0, 0.05) is 23.1 Å². The molecule has 3 fully saturated rings. The van der Waals surface area contributed by atoms with Crippen LogP contribution in [-0.2, 0) is 4.79 Å². The van der Waals surface area contributed by atoms with Crippen LogP contribution in [-0.4, -0.2) is 16.5 Å². The minimum Gasteiger partial charge on any atom is -0.399 e. The first-order chi connectivity index (χ1) is 13.9. The maximum absolute atomic E-state index is 11.9. The fourth-order valence-corrected chi connectivity index (χ4v) is 7.14. The summed E-state index contributed by atoms with van der Waals surface area (Å²) in [7, 11) is 0. The van der Waals surface area contributed by atoms with Crippen LogP contribution in [0.2, 0.25) is 0 Å². The Balaban J connectivity index is 1.41. The van der Waals surface area contributed by atoms with E-state index in [0.29, 0.717) is 29.5 Å². The minimum absolute atomic E-state index is 0.138. The number of nitrogens with two attached hydrogens (primary N) is 1. The molecule has 29 heavy (non-hydrogen) atoms. The van der Waals surface area contributed by atoms with Crippen molar-refractivity contribution < 1.29 is 9.90 Å². The van der Waals surface area contributed by atoms with Gasteiger partial charge in [-0.25, -0.2) is 0 Å². The van der Waals surface area contributed by atoms with Crippen LogP contribution >= 0.6 is 0 Å². The second-order valence-corrected chi connectivity index (χ2v) is 10.0. The van der Waals surface area contributed by atoms with Crippen molar-refractivity contribution in [1.82, 2.24) is 0 Å². The number of carbonyl (C=O) groups is 1. The first-order valence-corrected chi connectivity index (χ1v) is 11.2. The summed E-state index contributed by atoms with van der Waals surface area (Å²) in [5.74, 6) is 9.34. The molecule has 5 rings (SSSR count). The molecule has 0 aromatic heterocycles. The lowest BCUT2D eigenvalue weighted by atomic mass is 9.50. The number of nitrogen functional groups attached to an aromatic ring is 1. The van der Waals surface area contributed by atoms with Gasteiger partial charge in [-0.1, -0.05) is 24.3 Å². The highest BCUT2D eigenvalue weighted by atomic mass is 16.3. The fraction of sp³-hybridized carbons (Fsp3) is 0.577. The highest BCUT2D eigenvalue weighted by Crippen LogP contribution is 2.64. The quantitative estimate of drug-likeness (QED) is 0.507. The molecule has 1 aromatic rings. The average molecular weight is 390 g/mol. The molecular weight excluding hydrogens is 358 g/mol. The summed E-state index contributed by atoms with van der Waals surface area (Å²) in [6.45, 7) is 2.29. The van der Waals surface area contributed by atoms with Crippen molar-refractivity contribution in [3.63, 3.8) is 0 Å². The molecule has 1 aromatic carbocycles. The van der Waals surface area contributed by atoms with Crippen LogP contribution in [0.4, 0.5) is 5.69 Å². The van der Waals surface area contributed by atoms with E-state index in [1.165, 1.54) is 12.0 Å². The van der Waals surface area contributed by atoms with Crippen LogP contribution in [0.25, 0.3) is 0 Å². The Morgan fingerprint density at radius 2 is 1.83 bits per heavy atom. The van der Waals surface area contributed by atoms with Gasteiger partial charge in [0.25, 0.3) is 0 Å². The number of anilines is 1. The Morgan fingerprint density at radius 1 is 1.03 bits per heavy atom. The molecule has 0 spiro atoms. The maximum atomic E-state index is 11.9. The first kappa shape index (κ1) is 18.9. The summed E-state index contributed by atoms with van der Waals surface area (Å²) < 4.78 is 0. The SMILES string of the molecule is C[C@]12CC[C@@H]3[C@@H](CCC4=CC(=O)CC[C@@H]43)[C@H]1CCC2(O)C#Cc1ccc(N)cc1. The van der Waals surface area contributed by atoms with E-state index in [1.54, 1.807) is 0 Å². The molecule has 3 nitrogen and oxygen atoms in total. The van der Waals surface area contributed by atoms with Crippen LogP contribution in [0.15, 0.2) is 35.9 Å². The molecule has 0 saturated heterocycles. The highest BCUT2D eigenvalue weighted by Gasteiger charge is 2.62. The van der Waals surface area contributed by atoms with E-state index in [2.05, 4.69) is 18.8 Å². The van der Waals surface area contributed by atoms with Gasteiger partial charge < -0.3 is 10.8 Å². The highest BCUT2D eigenvalue weighted by molar-refractivity contribution is 5.91. The fourth-order valence-electron chi connectivity index (χ4n) is 7.14. The lowest BCUT2D eigenvalue weighted by molar-refractivity contribution is -0.116. The molecule has 3 heteroatoms. The Labute approximate surface area is 173 Å². The summed E-state index contributed by atoms with van der Waals surface area (Å²) in [6.07, 6.45) is 9.97. The van der Waals surface area contributed by atoms with Crippen molar-refractivity contribution in [1.29, 1.82) is 0 Å². The van der Waals surface area contributed by atoms with E-state index >= 15 is 0 Å². The number of hydrogen-bond donors (Lipinski definition) is 2. The zero-order valence-electron chi connectivity index (χ0n) is 17.3. The molecule has 4 aliphatic carbocycles. The third-order valence-electron chi connectivity index (χ3n) is 8.78. The van der Waals surface area contributed by atoms with Gasteiger partial charge in [0.05, 0.1) is 0 Å². The third kappa shape index (κ3) is 2.96. The zero-order valence-corrected chi connectivity index (χ0v) is 17.3. The van der Waals surface area contributed by atoms with Gasteiger partial charge in [0.15, 0.2) is 5.78 Å². The molecule has 0 bridgehead atoms. The number of aliphatic hydroxyl groups is 1. The standard InChI is InChI=1S/C26H31NO2/c1-25-13-11-22-21-9-7-20(28)16-18(21)4-8-23(22)24(25)12-15-26(25,29)14-10-17-2-5-19(27)6-3-17/h2-3,5-6,16,21-24,29H,4,7-9,11-13,15,27H2,1H3/t21-,22-,23+,24+,25-,26?/m0/s1. The number of fused-ring (bicyclic) bond motifs is 5. The molecule has 1 unspecified atom stereocenters. The second kappa shape index (κ2) is 6.74. The molecule has 0 radical (unpaired) electrons. The molecule has 3 saturated carbocycles. The zero-order chi connectivity index (χ0) is 20.2. The Bertz CT molecular complexity index is 920. The Morgan fingerprint density at radius 3 is 2.62 bits per heavy atom. The monoisotopic (exact) mass is 389 g/mol. The largest absolute Gasteiger partial charge is 0.399 e. The van der Waals surface area contributed by atoms with Crippen molar-refractivity contribution in [3.05, 3.63) is 41.5 Å². The van der Waals surface area contributed by atoms with Crippen LogP contribution in [0.5, 0.6) is 0 Å². The minimum atomic E-state index is -0.914. The molecule has 152 valence electrons. The van der Waals surface area contributed by atoms with Gasteiger partial charge in [0.2, 0.25) is 0 Å². The summed E-state index contributed by atoms with van der Waals surface area (Å²) in [4.78, 5) is 11.9. The number of carbonyl (C=O) groups excluding carboxylic acids is 1. The number of rotatable bonds is 0. The molecule has 3 N–H and O–H groups in total. The molecular formula is C26H31NO2. The average Bonchev–Trinajstić information content (AvgIpc) is 2.98. The first-order valence-electron chi connectivity index (χ1n) is 11.2. The summed E-state index contributed by atoms with van der Waals surface area (Å²) >= 11 is 0. The van der Waals surface area contributed by atoms with Crippen molar-refractivity contribution in [2.45, 2.75) is 63.9 Å². The number of hydrogen-bond acceptors (Lipinski definition) is 3. The lowest BCUT2D eigenvalue weighted by Crippen LogP contribution is -2.52. The normalized spacial score (nSPS) is 40.8. The third-order valence-corrected chi connectivity index (χ3v) is 8.78. The van der Waals surface area contributed by atoms with Crippen molar-refractivity contribution >= 4 is 11.5 Å². The van der Waals surface area contributed by atoms with Crippen molar-refractivity contribution in [2.24, 2.45) is 29.1 Å². The van der Waals surface area contributed by atoms with Gasteiger partial charge >= 0.3 is 0 Å². The molecule has 6 atom stereocenters. The Hall–Kier alpha value is -2.05. The van der Waals surface area contributed by atoms with Gasteiger partial charge in [-0.2, -0.15) is 0 Å². The number of benzene rings is 1. The second-order valence-electron chi connectivity index (χ2n) is 10.0. The summed E-state index contributed by atoms with van der Waals surface area (Å²) in [6, 6.07) is 7.58. The summed E-state index contributed by atoms with van der Waals surface area (Å²) in [5.41, 5.74) is 7.78. The predicted octanol–water partition coefficient (Wildman–Crippen LogP) is 4.49. The van der Waals surface area contributed by atoms with E-state index in [-0.39, 0.29) is 5.41 Å². The van der Waals surface area contributed by atoms with Gasteiger partial charge in [-0.05, 0) is 99.0 Å². The van der Waals surface area contributed by atoms with Crippen LogP contribution in [0.3, 0.4) is 0 Å². The number of allylic oxidation sites excluding steroid dienone is 1. The number of ketones is 1. The smallest absolute Gasteiger partial charge is 0.155 e.